The van der Waals surface area contributed by atoms with Crippen LogP contribution in [0.4, 0.5) is 0 Å². The summed E-state index contributed by atoms with van der Waals surface area (Å²) >= 11 is 0. The van der Waals surface area contributed by atoms with Crippen molar-refractivity contribution in [2.75, 3.05) is 0 Å². The Labute approximate surface area is 383 Å². The molecule has 4 heteroatoms. The maximum Gasteiger partial charge on any atom is 0.164 e. The number of nitrogens with zero attached hydrogens (tertiary/aromatic N) is 4. The Morgan fingerprint density at radius 2 is 0.667 bits per heavy atom. The van der Waals surface area contributed by atoms with Crippen molar-refractivity contribution >= 4 is 10.8 Å². The third-order valence-electron chi connectivity index (χ3n) is 12.8. The molecule has 1 aliphatic rings. The third kappa shape index (κ3) is 6.75. The molecule has 0 atom stereocenters. The number of benzene rings is 10. The van der Waals surface area contributed by atoms with Crippen LogP contribution in [-0.2, 0) is 0 Å². The van der Waals surface area contributed by atoms with E-state index < -0.39 is 0 Å². The summed E-state index contributed by atoms with van der Waals surface area (Å²) in [6.45, 7) is 0. The third-order valence-corrected chi connectivity index (χ3v) is 12.8. The molecule has 11 aromatic rings. The lowest BCUT2D eigenvalue weighted by molar-refractivity contribution is 1.07. The summed E-state index contributed by atoms with van der Waals surface area (Å²) in [4.78, 5) is 15.0. The first-order chi connectivity index (χ1) is 32.7. The fraction of sp³-hybridized carbons (Fsp3) is 0. The molecule has 0 fully saturated rings. The first-order valence-corrected chi connectivity index (χ1v) is 22.2. The second-order valence-electron chi connectivity index (χ2n) is 16.6. The SMILES string of the molecule is N#Cc1c(-c2ccc(-c3cccc(-c4nc(-c5ccccc5)nc(-c5ccc(-c6ccccc6)cc5)n4)c3)cc2)cccc1-c1ccccc1-c1cccc2c1-c1cccc3cccc-2c13. The summed E-state index contributed by atoms with van der Waals surface area (Å²) < 4.78 is 0. The first kappa shape index (κ1) is 38.6. The Balaban J connectivity index is 0.885. The van der Waals surface area contributed by atoms with Crippen molar-refractivity contribution in [1.82, 2.24) is 15.0 Å². The molecule has 4 nitrogen and oxygen atoms in total. The Morgan fingerprint density at radius 3 is 1.33 bits per heavy atom. The number of hydrogen-bond acceptors (Lipinski definition) is 4. The van der Waals surface area contributed by atoms with Crippen LogP contribution in [0.1, 0.15) is 5.56 Å². The van der Waals surface area contributed by atoms with Crippen molar-refractivity contribution in [1.29, 1.82) is 5.26 Å². The van der Waals surface area contributed by atoms with Gasteiger partial charge in [-0.15, -0.1) is 0 Å². The molecule has 0 saturated heterocycles. The lowest BCUT2D eigenvalue weighted by Gasteiger charge is -2.17. The second-order valence-corrected chi connectivity index (χ2v) is 16.6. The molecular formula is C62H38N4. The number of hydrogen-bond donors (Lipinski definition) is 0. The van der Waals surface area contributed by atoms with Gasteiger partial charge in [-0.1, -0.05) is 224 Å². The molecule has 10 aromatic carbocycles. The normalized spacial score (nSPS) is 11.3. The highest BCUT2D eigenvalue weighted by Crippen LogP contribution is 2.52. The van der Waals surface area contributed by atoms with Crippen molar-refractivity contribution in [3.8, 4) is 118 Å². The van der Waals surface area contributed by atoms with Gasteiger partial charge >= 0.3 is 0 Å². The molecule has 66 heavy (non-hydrogen) atoms. The summed E-state index contributed by atoms with van der Waals surface area (Å²) in [5, 5.41) is 13.5. The van der Waals surface area contributed by atoms with Crippen LogP contribution in [-0.4, -0.2) is 15.0 Å². The minimum absolute atomic E-state index is 0.599. The van der Waals surface area contributed by atoms with Gasteiger partial charge in [-0.25, -0.2) is 15.0 Å². The average Bonchev–Trinajstić information content (AvgIpc) is 3.74. The van der Waals surface area contributed by atoms with Crippen LogP contribution < -0.4 is 0 Å². The second kappa shape index (κ2) is 16.3. The minimum Gasteiger partial charge on any atom is -0.208 e. The molecule has 0 saturated carbocycles. The zero-order valence-corrected chi connectivity index (χ0v) is 35.7. The van der Waals surface area contributed by atoms with Crippen LogP contribution in [0.25, 0.3) is 123 Å². The Morgan fingerprint density at radius 1 is 0.273 bits per heavy atom. The summed E-state index contributed by atoms with van der Waals surface area (Å²) in [6, 6.07) is 82.7. The van der Waals surface area contributed by atoms with Gasteiger partial charge in [0.15, 0.2) is 17.5 Å². The number of nitriles is 1. The van der Waals surface area contributed by atoms with E-state index in [1.165, 1.54) is 33.0 Å². The van der Waals surface area contributed by atoms with E-state index in [1.807, 2.05) is 36.4 Å². The van der Waals surface area contributed by atoms with E-state index in [1.54, 1.807) is 0 Å². The molecule has 0 bridgehead atoms. The molecule has 0 N–H and O–H groups in total. The maximum atomic E-state index is 10.9. The largest absolute Gasteiger partial charge is 0.208 e. The lowest BCUT2D eigenvalue weighted by Crippen LogP contribution is -2.00. The topological polar surface area (TPSA) is 62.5 Å². The van der Waals surface area contributed by atoms with Crippen molar-refractivity contribution in [3.05, 3.63) is 236 Å². The van der Waals surface area contributed by atoms with E-state index in [0.29, 0.717) is 23.0 Å². The number of fused-ring (bicyclic) bond motifs is 3. The van der Waals surface area contributed by atoms with Crippen LogP contribution >= 0.6 is 0 Å². The van der Waals surface area contributed by atoms with Crippen LogP contribution in [0.3, 0.4) is 0 Å². The lowest BCUT2D eigenvalue weighted by atomic mass is 9.85. The molecule has 12 rings (SSSR count). The van der Waals surface area contributed by atoms with E-state index in [2.05, 4.69) is 200 Å². The van der Waals surface area contributed by atoms with Crippen LogP contribution in [0.5, 0.6) is 0 Å². The van der Waals surface area contributed by atoms with Gasteiger partial charge in [0.05, 0.1) is 5.56 Å². The van der Waals surface area contributed by atoms with Gasteiger partial charge in [0, 0.05) is 27.8 Å². The van der Waals surface area contributed by atoms with E-state index in [9.17, 15) is 5.26 Å². The van der Waals surface area contributed by atoms with Gasteiger partial charge < -0.3 is 0 Å². The summed E-state index contributed by atoms with van der Waals surface area (Å²) in [5.41, 5.74) is 18.8. The van der Waals surface area contributed by atoms with Crippen molar-refractivity contribution in [3.63, 3.8) is 0 Å². The molecule has 306 valence electrons. The predicted octanol–water partition coefficient (Wildman–Crippen LogP) is 15.9. The van der Waals surface area contributed by atoms with Gasteiger partial charge in [-0.05, 0) is 83.6 Å². The predicted molar refractivity (Wildman–Crippen MR) is 270 cm³/mol. The molecule has 1 heterocycles. The monoisotopic (exact) mass is 838 g/mol. The summed E-state index contributed by atoms with van der Waals surface area (Å²) in [5.74, 6) is 1.83. The zero-order valence-electron chi connectivity index (χ0n) is 35.7. The maximum absolute atomic E-state index is 10.9. The average molecular weight is 839 g/mol. The highest BCUT2D eigenvalue weighted by Gasteiger charge is 2.26. The molecule has 1 aromatic heterocycles. The molecular weight excluding hydrogens is 801 g/mol. The van der Waals surface area contributed by atoms with Gasteiger partial charge in [-0.3, -0.25) is 0 Å². The highest BCUT2D eigenvalue weighted by atomic mass is 15.0. The Hall–Kier alpha value is -9.04. The van der Waals surface area contributed by atoms with Crippen molar-refractivity contribution < 1.29 is 0 Å². The van der Waals surface area contributed by atoms with E-state index >= 15 is 0 Å². The number of aromatic nitrogens is 3. The van der Waals surface area contributed by atoms with Gasteiger partial charge in [0.25, 0.3) is 0 Å². The van der Waals surface area contributed by atoms with Gasteiger partial charge in [0.1, 0.15) is 6.07 Å². The fourth-order valence-corrected chi connectivity index (χ4v) is 9.63. The zero-order chi connectivity index (χ0) is 44.0. The van der Waals surface area contributed by atoms with E-state index in [4.69, 9.17) is 15.0 Å². The molecule has 1 aliphatic carbocycles. The molecule has 0 radical (unpaired) electrons. The molecule has 0 amide bonds. The number of rotatable bonds is 8. The Bertz CT molecular complexity index is 3680. The highest BCUT2D eigenvalue weighted by molar-refractivity contribution is 6.18. The van der Waals surface area contributed by atoms with Crippen LogP contribution in [0, 0.1) is 11.3 Å². The smallest absolute Gasteiger partial charge is 0.164 e. The standard InChI is InChI=1S/C62H38N4/c63-39-57-49(24-12-25-52(57)50-22-7-8-23-51(50)53-27-13-28-55-54-26-10-18-44-19-11-29-56(58(44)54)59(53)55)43-34-30-42(31-35-43)47-20-9-21-48(38-47)62-65-60(45-16-5-2-6-17-45)64-61(66-62)46-36-32-41(33-37-46)40-14-3-1-4-15-40/h1-38H. The minimum atomic E-state index is 0.599. The van der Waals surface area contributed by atoms with Crippen molar-refractivity contribution in [2.45, 2.75) is 0 Å². The van der Waals surface area contributed by atoms with Crippen LogP contribution in [0.2, 0.25) is 0 Å². The van der Waals surface area contributed by atoms with Gasteiger partial charge in [0.2, 0.25) is 0 Å². The van der Waals surface area contributed by atoms with E-state index in [-0.39, 0.29) is 0 Å². The molecule has 0 aliphatic heterocycles. The molecule has 0 spiro atoms. The summed E-state index contributed by atoms with van der Waals surface area (Å²) in [7, 11) is 0. The van der Waals surface area contributed by atoms with Crippen molar-refractivity contribution in [2.24, 2.45) is 0 Å². The van der Waals surface area contributed by atoms with E-state index in [0.717, 1.165) is 72.3 Å². The Kier molecular flexibility index (Phi) is 9.51. The fourth-order valence-electron chi connectivity index (χ4n) is 9.63. The van der Waals surface area contributed by atoms with Crippen LogP contribution in [0.15, 0.2) is 231 Å². The summed E-state index contributed by atoms with van der Waals surface area (Å²) in [6.07, 6.45) is 0. The first-order valence-electron chi connectivity index (χ1n) is 22.2. The molecule has 0 unspecified atom stereocenters. The van der Waals surface area contributed by atoms with Gasteiger partial charge in [-0.2, -0.15) is 5.26 Å². The quantitative estimate of drug-likeness (QED) is 0.153.